The van der Waals surface area contributed by atoms with E-state index in [2.05, 4.69) is 24.1 Å². The lowest BCUT2D eigenvalue weighted by atomic mass is 9.85. The van der Waals surface area contributed by atoms with Crippen molar-refractivity contribution in [3.05, 3.63) is 16.1 Å². The number of rotatable bonds is 6. The van der Waals surface area contributed by atoms with Crippen molar-refractivity contribution in [1.29, 1.82) is 0 Å². The highest BCUT2D eigenvalue weighted by molar-refractivity contribution is 7.11. The first-order valence-electron chi connectivity index (χ1n) is 7.41. The Balaban J connectivity index is 1.98. The van der Waals surface area contributed by atoms with Gasteiger partial charge in [-0.2, -0.15) is 0 Å². The van der Waals surface area contributed by atoms with Gasteiger partial charge < -0.3 is 10.1 Å². The van der Waals surface area contributed by atoms with Gasteiger partial charge in [0.15, 0.2) is 0 Å². The SMILES string of the molecule is COC(c1ncc(CNC(C)C)s1)C1CCCCC1. The average Bonchev–Trinajstić information content (AvgIpc) is 2.87. The minimum Gasteiger partial charge on any atom is -0.374 e. The molecule has 1 aromatic rings. The van der Waals surface area contributed by atoms with E-state index in [9.17, 15) is 0 Å². The summed E-state index contributed by atoms with van der Waals surface area (Å²) in [6.45, 7) is 5.25. The highest BCUT2D eigenvalue weighted by Crippen LogP contribution is 2.37. The molecular formula is C15H26N2OS. The number of nitrogens with one attached hydrogen (secondary N) is 1. The van der Waals surface area contributed by atoms with Crippen molar-refractivity contribution >= 4 is 11.3 Å². The van der Waals surface area contributed by atoms with Crippen molar-refractivity contribution < 1.29 is 4.74 Å². The molecule has 0 amide bonds. The number of hydrogen-bond donors (Lipinski definition) is 1. The molecule has 0 saturated heterocycles. The third-order valence-electron chi connectivity index (χ3n) is 3.83. The van der Waals surface area contributed by atoms with Crippen LogP contribution in [0.25, 0.3) is 0 Å². The Hall–Kier alpha value is -0.450. The van der Waals surface area contributed by atoms with E-state index in [-0.39, 0.29) is 6.10 Å². The van der Waals surface area contributed by atoms with Crippen LogP contribution in [0.1, 0.15) is 61.9 Å². The van der Waals surface area contributed by atoms with Gasteiger partial charge in [0.2, 0.25) is 0 Å². The van der Waals surface area contributed by atoms with E-state index in [1.165, 1.54) is 37.0 Å². The van der Waals surface area contributed by atoms with Crippen LogP contribution in [0, 0.1) is 5.92 Å². The van der Waals surface area contributed by atoms with E-state index >= 15 is 0 Å². The second kappa shape index (κ2) is 7.36. The lowest BCUT2D eigenvalue weighted by Crippen LogP contribution is -2.21. The predicted octanol–water partition coefficient (Wildman–Crippen LogP) is 3.91. The van der Waals surface area contributed by atoms with Crippen LogP contribution in [0.2, 0.25) is 0 Å². The summed E-state index contributed by atoms with van der Waals surface area (Å²) < 4.78 is 5.74. The Labute approximate surface area is 120 Å². The summed E-state index contributed by atoms with van der Waals surface area (Å²) in [4.78, 5) is 5.90. The molecule has 108 valence electrons. The maximum Gasteiger partial charge on any atom is 0.122 e. The first-order chi connectivity index (χ1) is 9.20. The minimum atomic E-state index is 0.207. The monoisotopic (exact) mass is 282 g/mol. The summed E-state index contributed by atoms with van der Waals surface area (Å²) in [5.74, 6) is 0.663. The maximum atomic E-state index is 5.74. The fourth-order valence-corrected chi connectivity index (χ4v) is 3.81. The molecule has 4 heteroatoms. The molecule has 1 heterocycles. The zero-order chi connectivity index (χ0) is 13.7. The van der Waals surface area contributed by atoms with Gasteiger partial charge in [-0.1, -0.05) is 33.1 Å². The molecule has 1 aliphatic rings. The lowest BCUT2D eigenvalue weighted by molar-refractivity contribution is 0.0352. The van der Waals surface area contributed by atoms with Gasteiger partial charge in [-0.3, -0.25) is 0 Å². The second-order valence-electron chi connectivity index (χ2n) is 5.75. The zero-order valence-electron chi connectivity index (χ0n) is 12.3. The molecule has 1 aromatic heterocycles. The Morgan fingerprint density at radius 2 is 2.11 bits per heavy atom. The molecular weight excluding hydrogens is 256 g/mol. The van der Waals surface area contributed by atoms with Crippen molar-refractivity contribution in [2.45, 2.75) is 64.6 Å². The normalized spacial score (nSPS) is 18.9. The van der Waals surface area contributed by atoms with Gasteiger partial charge in [-0.05, 0) is 18.8 Å². The molecule has 0 spiro atoms. The Bertz CT molecular complexity index is 372. The number of aromatic nitrogens is 1. The molecule has 1 fully saturated rings. The molecule has 1 N–H and O–H groups in total. The molecule has 19 heavy (non-hydrogen) atoms. The van der Waals surface area contributed by atoms with E-state index in [0.29, 0.717) is 12.0 Å². The number of thiazole rings is 1. The molecule has 1 atom stereocenters. The predicted molar refractivity (Wildman–Crippen MR) is 80.4 cm³/mol. The van der Waals surface area contributed by atoms with Crippen molar-refractivity contribution in [3.8, 4) is 0 Å². The molecule has 0 aliphatic heterocycles. The van der Waals surface area contributed by atoms with Crippen LogP contribution in [0.4, 0.5) is 0 Å². The van der Waals surface area contributed by atoms with Crippen molar-refractivity contribution in [1.82, 2.24) is 10.3 Å². The van der Waals surface area contributed by atoms with E-state index in [1.807, 2.05) is 13.3 Å². The van der Waals surface area contributed by atoms with Crippen LogP contribution in [-0.2, 0) is 11.3 Å². The van der Waals surface area contributed by atoms with Crippen molar-refractivity contribution in [2.75, 3.05) is 7.11 Å². The summed E-state index contributed by atoms with van der Waals surface area (Å²) in [6, 6.07) is 0.516. The van der Waals surface area contributed by atoms with E-state index in [1.54, 1.807) is 11.3 Å². The maximum absolute atomic E-state index is 5.74. The summed E-state index contributed by atoms with van der Waals surface area (Å²) in [7, 11) is 1.83. The Morgan fingerprint density at radius 3 is 2.74 bits per heavy atom. The summed E-state index contributed by atoms with van der Waals surface area (Å²) in [6.07, 6.45) is 8.86. The van der Waals surface area contributed by atoms with Gasteiger partial charge >= 0.3 is 0 Å². The van der Waals surface area contributed by atoms with Crippen molar-refractivity contribution in [3.63, 3.8) is 0 Å². The van der Waals surface area contributed by atoms with E-state index in [0.717, 1.165) is 11.6 Å². The molecule has 3 nitrogen and oxygen atoms in total. The number of nitrogens with zero attached hydrogens (tertiary/aromatic N) is 1. The van der Waals surface area contributed by atoms with Crippen LogP contribution in [0.3, 0.4) is 0 Å². The molecule has 0 bridgehead atoms. The molecule has 2 rings (SSSR count). The number of methoxy groups -OCH3 is 1. The average molecular weight is 282 g/mol. The van der Waals surface area contributed by atoms with E-state index in [4.69, 9.17) is 4.74 Å². The third kappa shape index (κ3) is 4.26. The molecule has 1 aliphatic carbocycles. The highest BCUT2D eigenvalue weighted by atomic mass is 32.1. The van der Waals surface area contributed by atoms with Gasteiger partial charge in [-0.25, -0.2) is 4.98 Å². The van der Waals surface area contributed by atoms with Gasteiger partial charge in [-0.15, -0.1) is 11.3 Å². The molecule has 1 unspecified atom stereocenters. The summed E-state index contributed by atoms with van der Waals surface area (Å²) in [5, 5.41) is 4.60. The summed E-state index contributed by atoms with van der Waals surface area (Å²) in [5.41, 5.74) is 0. The highest BCUT2D eigenvalue weighted by Gasteiger charge is 2.27. The van der Waals surface area contributed by atoms with Crippen LogP contribution in [-0.4, -0.2) is 18.1 Å². The second-order valence-corrected chi connectivity index (χ2v) is 6.90. The fraction of sp³-hybridized carbons (Fsp3) is 0.800. The molecule has 1 saturated carbocycles. The van der Waals surface area contributed by atoms with Crippen LogP contribution in [0.5, 0.6) is 0 Å². The van der Waals surface area contributed by atoms with Crippen molar-refractivity contribution in [2.24, 2.45) is 5.92 Å². The topological polar surface area (TPSA) is 34.1 Å². The number of ether oxygens (including phenoxy) is 1. The van der Waals surface area contributed by atoms with Crippen LogP contribution < -0.4 is 5.32 Å². The number of hydrogen-bond acceptors (Lipinski definition) is 4. The van der Waals surface area contributed by atoms with Gasteiger partial charge in [0.1, 0.15) is 11.1 Å². The van der Waals surface area contributed by atoms with Crippen LogP contribution >= 0.6 is 11.3 Å². The van der Waals surface area contributed by atoms with Gasteiger partial charge in [0.05, 0.1) is 0 Å². The quantitative estimate of drug-likeness (QED) is 0.859. The third-order valence-corrected chi connectivity index (χ3v) is 4.89. The van der Waals surface area contributed by atoms with Gasteiger partial charge in [0, 0.05) is 30.8 Å². The first kappa shape index (κ1) is 14.9. The largest absolute Gasteiger partial charge is 0.374 e. The fourth-order valence-electron chi connectivity index (χ4n) is 2.77. The lowest BCUT2D eigenvalue weighted by Gasteiger charge is -2.27. The van der Waals surface area contributed by atoms with Gasteiger partial charge in [0.25, 0.3) is 0 Å². The van der Waals surface area contributed by atoms with E-state index < -0.39 is 0 Å². The molecule has 0 aromatic carbocycles. The Kier molecular flexibility index (Phi) is 5.79. The minimum absolute atomic E-state index is 0.207. The standard InChI is InChI=1S/C15H26N2OS/c1-11(2)16-9-13-10-17-15(19-13)14(18-3)12-7-5-4-6-8-12/h10-12,14,16H,4-9H2,1-3H3. The Morgan fingerprint density at radius 1 is 1.37 bits per heavy atom. The van der Waals surface area contributed by atoms with Crippen LogP contribution in [0.15, 0.2) is 6.20 Å². The summed E-state index contributed by atoms with van der Waals surface area (Å²) >= 11 is 1.80. The zero-order valence-corrected chi connectivity index (χ0v) is 13.1. The molecule has 0 radical (unpaired) electrons. The first-order valence-corrected chi connectivity index (χ1v) is 8.23. The smallest absolute Gasteiger partial charge is 0.122 e.